The van der Waals surface area contributed by atoms with E-state index in [1.54, 1.807) is 0 Å². The van der Waals surface area contributed by atoms with Gasteiger partial charge in [-0.25, -0.2) is 4.99 Å². The summed E-state index contributed by atoms with van der Waals surface area (Å²) in [6.07, 6.45) is -0.297. The molecule has 4 nitrogen and oxygen atoms in total. The summed E-state index contributed by atoms with van der Waals surface area (Å²) in [5.41, 5.74) is 0.441. The topological polar surface area (TPSA) is 51.0 Å². The van der Waals surface area contributed by atoms with E-state index in [4.69, 9.17) is 9.47 Å². The summed E-state index contributed by atoms with van der Waals surface area (Å²) in [6.45, 7) is 12.9. The molecule has 0 spiro atoms. The van der Waals surface area contributed by atoms with Crippen LogP contribution in [0.15, 0.2) is 4.99 Å². The van der Waals surface area contributed by atoms with Crippen molar-refractivity contribution in [2.75, 3.05) is 13.2 Å². The van der Waals surface area contributed by atoms with Gasteiger partial charge < -0.3 is 14.6 Å². The Morgan fingerprint density at radius 1 is 1.29 bits per heavy atom. The second kappa shape index (κ2) is 7.80. The van der Waals surface area contributed by atoms with Crippen LogP contribution < -0.4 is 0 Å². The largest absolute Gasteiger partial charge is 0.376 e. The van der Waals surface area contributed by atoms with Gasteiger partial charge in [0.25, 0.3) is 6.41 Å². The van der Waals surface area contributed by atoms with Gasteiger partial charge in [-0.15, -0.1) is 0 Å². The minimum absolute atomic E-state index is 0.405. The van der Waals surface area contributed by atoms with Gasteiger partial charge in [0.05, 0.1) is 12.2 Å². The van der Waals surface area contributed by atoms with Gasteiger partial charge in [0.1, 0.15) is 0 Å². The summed E-state index contributed by atoms with van der Waals surface area (Å²) >= 11 is 0. The molecule has 0 aliphatic carbocycles. The van der Waals surface area contributed by atoms with E-state index >= 15 is 0 Å². The number of aliphatic hydroxyl groups excluding tert-OH is 1. The highest BCUT2D eigenvalue weighted by Crippen LogP contribution is 2.11. The maximum absolute atomic E-state index is 9.70. The fourth-order valence-corrected chi connectivity index (χ4v) is 1.34. The van der Waals surface area contributed by atoms with Crippen molar-refractivity contribution in [1.29, 1.82) is 0 Å². The third-order valence-electron chi connectivity index (χ3n) is 1.87. The molecule has 0 saturated heterocycles. The molecule has 4 heteroatoms. The molecule has 0 fully saturated rings. The smallest absolute Gasteiger partial charge is 0.256 e. The van der Waals surface area contributed by atoms with Crippen LogP contribution >= 0.6 is 0 Å². The first-order valence-electron chi connectivity index (χ1n) is 6.23. The first kappa shape index (κ1) is 16.6. The predicted octanol–water partition coefficient (Wildman–Crippen LogP) is 2.60. The monoisotopic (exact) mass is 245 g/mol. The van der Waals surface area contributed by atoms with E-state index in [1.165, 1.54) is 0 Å². The Labute approximate surface area is 105 Å². The lowest BCUT2D eigenvalue weighted by atomic mass is 10.1. The Morgan fingerprint density at radius 3 is 2.29 bits per heavy atom. The second-order valence-corrected chi connectivity index (χ2v) is 5.49. The summed E-state index contributed by atoms with van der Waals surface area (Å²) in [6, 6.07) is 0. The molecule has 1 atom stereocenters. The Bertz CT molecular complexity index is 231. The molecular weight excluding hydrogens is 218 g/mol. The highest BCUT2D eigenvalue weighted by atomic mass is 16.6. The zero-order valence-electron chi connectivity index (χ0n) is 12.0. The SMILES string of the molecule is CCOC/C(CC(C)C)=N/C(O)OC(C)(C)C. The lowest BCUT2D eigenvalue weighted by Gasteiger charge is -2.22. The third-order valence-corrected chi connectivity index (χ3v) is 1.87. The van der Waals surface area contributed by atoms with E-state index in [0.717, 1.165) is 12.1 Å². The maximum Gasteiger partial charge on any atom is 0.256 e. The normalized spacial score (nSPS) is 15.4. The number of aliphatic imine (C=N–C) groups is 1. The van der Waals surface area contributed by atoms with E-state index in [9.17, 15) is 5.11 Å². The molecule has 0 heterocycles. The number of aliphatic hydroxyl groups is 1. The van der Waals surface area contributed by atoms with Crippen molar-refractivity contribution in [3.8, 4) is 0 Å². The van der Waals surface area contributed by atoms with Gasteiger partial charge in [0, 0.05) is 12.3 Å². The molecular formula is C13H27NO3. The zero-order valence-corrected chi connectivity index (χ0v) is 12.0. The van der Waals surface area contributed by atoms with Crippen molar-refractivity contribution in [2.24, 2.45) is 10.9 Å². The van der Waals surface area contributed by atoms with Crippen molar-refractivity contribution in [2.45, 2.75) is 60.0 Å². The van der Waals surface area contributed by atoms with E-state index in [1.807, 2.05) is 27.7 Å². The molecule has 0 aliphatic rings. The van der Waals surface area contributed by atoms with Crippen LogP contribution in [0.5, 0.6) is 0 Å². The molecule has 0 aromatic carbocycles. The fraction of sp³-hybridized carbons (Fsp3) is 0.923. The van der Waals surface area contributed by atoms with Gasteiger partial charge in [-0.05, 0) is 40.0 Å². The molecule has 0 saturated carbocycles. The number of hydrogen-bond acceptors (Lipinski definition) is 4. The number of nitrogens with zero attached hydrogens (tertiary/aromatic N) is 1. The molecule has 102 valence electrons. The third kappa shape index (κ3) is 10.4. The molecule has 17 heavy (non-hydrogen) atoms. The van der Waals surface area contributed by atoms with Crippen molar-refractivity contribution in [1.82, 2.24) is 0 Å². The molecule has 0 aromatic heterocycles. The molecule has 0 amide bonds. The minimum atomic E-state index is -1.11. The Kier molecular flexibility index (Phi) is 7.59. The van der Waals surface area contributed by atoms with Gasteiger partial charge in [-0.2, -0.15) is 0 Å². The molecule has 1 N–H and O–H groups in total. The van der Waals surface area contributed by atoms with Crippen molar-refractivity contribution in [3.63, 3.8) is 0 Å². The molecule has 0 bridgehead atoms. The van der Waals surface area contributed by atoms with Crippen LogP contribution in [0.3, 0.4) is 0 Å². The summed E-state index contributed by atoms with van der Waals surface area (Å²) in [5, 5.41) is 9.70. The van der Waals surface area contributed by atoms with E-state index < -0.39 is 12.0 Å². The fourth-order valence-electron chi connectivity index (χ4n) is 1.34. The number of hydrogen-bond donors (Lipinski definition) is 1. The van der Waals surface area contributed by atoms with E-state index in [-0.39, 0.29) is 0 Å². The molecule has 0 rings (SSSR count). The standard InChI is InChI=1S/C13H27NO3/c1-7-16-9-11(8-10(2)3)14-12(15)17-13(4,5)6/h10,12,15H,7-9H2,1-6H3/b14-11+. The van der Waals surface area contributed by atoms with Crippen molar-refractivity contribution in [3.05, 3.63) is 0 Å². The summed E-state index contributed by atoms with van der Waals surface area (Å²) in [4.78, 5) is 4.16. The highest BCUT2D eigenvalue weighted by molar-refractivity contribution is 5.85. The zero-order chi connectivity index (χ0) is 13.5. The van der Waals surface area contributed by atoms with Crippen molar-refractivity contribution >= 4 is 5.71 Å². The molecule has 0 radical (unpaired) electrons. The van der Waals surface area contributed by atoms with Crippen LogP contribution in [-0.2, 0) is 9.47 Å². The van der Waals surface area contributed by atoms with Gasteiger partial charge >= 0.3 is 0 Å². The summed E-state index contributed by atoms with van der Waals surface area (Å²) in [5.74, 6) is 0.482. The molecule has 0 aromatic rings. The first-order valence-corrected chi connectivity index (χ1v) is 6.23. The van der Waals surface area contributed by atoms with Crippen LogP contribution in [0.2, 0.25) is 0 Å². The summed E-state index contributed by atoms with van der Waals surface area (Å²) in [7, 11) is 0. The van der Waals surface area contributed by atoms with E-state index in [0.29, 0.717) is 19.1 Å². The van der Waals surface area contributed by atoms with Crippen LogP contribution in [0.4, 0.5) is 0 Å². The van der Waals surface area contributed by atoms with Gasteiger partial charge in [-0.3, -0.25) is 0 Å². The summed E-state index contributed by atoms with van der Waals surface area (Å²) < 4.78 is 10.7. The molecule has 0 aliphatic heterocycles. The number of ether oxygens (including phenoxy) is 2. The Morgan fingerprint density at radius 2 is 1.88 bits per heavy atom. The number of rotatable bonds is 7. The van der Waals surface area contributed by atoms with E-state index in [2.05, 4.69) is 18.8 Å². The minimum Gasteiger partial charge on any atom is -0.376 e. The van der Waals surface area contributed by atoms with Gasteiger partial charge in [-0.1, -0.05) is 13.8 Å². The van der Waals surface area contributed by atoms with Crippen LogP contribution in [0.25, 0.3) is 0 Å². The average molecular weight is 245 g/mol. The second-order valence-electron chi connectivity index (χ2n) is 5.49. The maximum atomic E-state index is 9.70. The lowest BCUT2D eigenvalue weighted by Crippen LogP contribution is -2.27. The van der Waals surface area contributed by atoms with Crippen LogP contribution in [0.1, 0.15) is 48.0 Å². The molecule has 1 unspecified atom stereocenters. The van der Waals surface area contributed by atoms with Crippen molar-refractivity contribution < 1.29 is 14.6 Å². The van der Waals surface area contributed by atoms with Gasteiger partial charge in [0.15, 0.2) is 0 Å². The average Bonchev–Trinajstić information content (AvgIpc) is 2.09. The first-order chi connectivity index (χ1) is 7.74. The lowest BCUT2D eigenvalue weighted by molar-refractivity contribution is -0.159. The highest BCUT2D eigenvalue weighted by Gasteiger charge is 2.16. The Balaban J connectivity index is 4.43. The van der Waals surface area contributed by atoms with Crippen LogP contribution in [-0.4, -0.2) is 36.0 Å². The Hall–Kier alpha value is -0.450. The van der Waals surface area contributed by atoms with Crippen LogP contribution in [0, 0.1) is 5.92 Å². The van der Waals surface area contributed by atoms with Gasteiger partial charge in [0.2, 0.25) is 0 Å². The predicted molar refractivity (Wildman–Crippen MR) is 70.2 cm³/mol. The quantitative estimate of drug-likeness (QED) is 0.554.